The van der Waals surface area contributed by atoms with Crippen LogP contribution in [0.3, 0.4) is 0 Å². The third kappa shape index (κ3) is 4.93. The van der Waals surface area contributed by atoms with E-state index in [9.17, 15) is 13.2 Å². The molecule has 1 aliphatic rings. The van der Waals surface area contributed by atoms with Crippen molar-refractivity contribution in [3.8, 4) is 0 Å². The summed E-state index contributed by atoms with van der Waals surface area (Å²) in [5.74, 6) is 0.589. The molecule has 1 amide bonds. The molecule has 0 bridgehead atoms. The molecule has 1 heterocycles. The zero-order valence-corrected chi connectivity index (χ0v) is 17.6. The van der Waals surface area contributed by atoms with Crippen molar-refractivity contribution >= 4 is 21.6 Å². The number of aryl methyl sites for hydroxylation is 1. The molecule has 150 valence electrons. The standard InChI is InChI=1S/C22H28N2O3S/c1-17-6-4-8-21(14-17)24(28(3,26)27)16-19-9-11-20(12-10-19)22(25)23-13-5-7-18(2)15-23/h4,6,8-12,14,18H,5,7,13,15-16H2,1-3H3. The predicted octanol–water partition coefficient (Wildman–Crippen LogP) is 3.83. The van der Waals surface area contributed by atoms with Gasteiger partial charge in [0.15, 0.2) is 0 Å². The van der Waals surface area contributed by atoms with Crippen LogP contribution in [0, 0.1) is 12.8 Å². The third-order valence-electron chi connectivity index (χ3n) is 5.16. The number of nitrogens with zero attached hydrogens (tertiary/aromatic N) is 2. The zero-order chi connectivity index (χ0) is 20.3. The van der Waals surface area contributed by atoms with E-state index in [4.69, 9.17) is 0 Å². The lowest BCUT2D eigenvalue weighted by Gasteiger charge is -2.31. The van der Waals surface area contributed by atoms with E-state index in [1.165, 1.54) is 17.0 Å². The molecule has 5 nitrogen and oxygen atoms in total. The summed E-state index contributed by atoms with van der Waals surface area (Å²) in [5, 5.41) is 0. The van der Waals surface area contributed by atoms with Crippen LogP contribution < -0.4 is 4.31 Å². The molecule has 3 rings (SSSR count). The average molecular weight is 401 g/mol. The number of benzene rings is 2. The molecule has 0 radical (unpaired) electrons. The van der Waals surface area contributed by atoms with Crippen LogP contribution in [0.4, 0.5) is 5.69 Å². The van der Waals surface area contributed by atoms with E-state index in [1.807, 2.05) is 42.2 Å². The number of piperidine rings is 1. The molecule has 0 aliphatic carbocycles. The maximum atomic E-state index is 12.7. The van der Waals surface area contributed by atoms with Crippen LogP contribution in [0.2, 0.25) is 0 Å². The number of carbonyl (C=O) groups is 1. The van der Waals surface area contributed by atoms with Gasteiger partial charge in [-0.3, -0.25) is 9.10 Å². The molecule has 2 aromatic carbocycles. The number of likely N-dealkylation sites (tertiary alicyclic amines) is 1. The van der Waals surface area contributed by atoms with Crippen LogP contribution in [-0.2, 0) is 16.6 Å². The number of hydrogen-bond donors (Lipinski definition) is 0. The second-order valence-corrected chi connectivity index (χ2v) is 9.71. The van der Waals surface area contributed by atoms with E-state index >= 15 is 0 Å². The van der Waals surface area contributed by atoms with E-state index in [1.54, 1.807) is 18.2 Å². The average Bonchev–Trinajstić information content (AvgIpc) is 2.65. The molecule has 2 aromatic rings. The van der Waals surface area contributed by atoms with Crippen molar-refractivity contribution in [2.24, 2.45) is 5.92 Å². The smallest absolute Gasteiger partial charge is 0.253 e. The highest BCUT2D eigenvalue weighted by atomic mass is 32.2. The van der Waals surface area contributed by atoms with Crippen LogP contribution in [0.5, 0.6) is 0 Å². The number of hydrogen-bond acceptors (Lipinski definition) is 3. The van der Waals surface area contributed by atoms with Gasteiger partial charge in [-0.1, -0.05) is 31.2 Å². The number of rotatable bonds is 5. The topological polar surface area (TPSA) is 57.7 Å². The van der Waals surface area contributed by atoms with E-state index in [0.717, 1.165) is 30.6 Å². The second-order valence-electron chi connectivity index (χ2n) is 7.80. The molecule has 0 spiro atoms. The second kappa shape index (κ2) is 8.35. The van der Waals surface area contributed by atoms with E-state index in [-0.39, 0.29) is 12.5 Å². The highest BCUT2D eigenvalue weighted by molar-refractivity contribution is 7.92. The predicted molar refractivity (Wildman–Crippen MR) is 113 cm³/mol. The highest BCUT2D eigenvalue weighted by Crippen LogP contribution is 2.23. The van der Waals surface area contributed by atoms with Gasteiger partial charge in [0.1, 0.15) is 0 Å². The first kappa shape index (κ1) is 20.4. The molecule has 1 unspecified atom stereocenters. The SMILES string of the molecule is Cc1cccc(N(Cc2ccc(C(=O)N3CCCC(C)C3)cc2)S(C)(=O)=O)c1. The Morgan fingerprint density at radius 2 is 1.89 bits per heavy atom. The zero-order valence-electron chi connectivity index (χ0n) is 16.8. The van der Waals surface area contributed by atoms with Gasteiger partial charge >= 0.3 is 0 Å². The van der Waals surface area contributed by atoms with Crippen molar-refractivity contribution in [1.82, 2.24) is 4.90 Å². The van der Waals surface area contributed by atoms with Gasteiger partial charge in [0.25, 0.3) is 5.91 Å². The van der Waals surface area contributed by atoms with Gasteiger partial charge in [0.05, 0.1) is 18.5 Å². The summed E-state index contributed by atoms with van der Waals surface area (Å²) in [5.41, 5.74) is 3.14. The van der Waals surface area contributed by atoms with Crippen LogP contribution in [-0.4, -0.2) is 38.6 Å². The third-order valence-corrected chi connectivity index (χ3v) is 6.30. The molecule has 6 heteroatoms. The largest absolute Gasteiger partial charge is 0.338 e. The van der Waals surface area contributed by atoms with Gasteiger partial charge < -0.3 is 4.90 Å². The molecular weight excluding hydrogens is 372 g/mol. The first-order valence-electron chi connectivity index (χ1n) is 9.66. The summed E-state index contributed by atoms with van der Waals surface area (Å²) in [6.45, 7) is 5.95. The van der Waals surface area contributed by atoms with Gasteiger partial charge in [-0.2, -0.15) is 0 Å². The monoisotopic (exact) mass is 400 g/mol. The fourth-order valence-corrected chi connectivity index (χ4v) is 4.54. The van der Waals surface area contributed by atoms with Gasteiger partial charge in [0, 0.05) is 18.7 Å². The van der Waals surface area contributed by atoms with Crippen molar-refractivity contribution in [3.05, 3.63) is 65.2 Å². The number of sulfonamides is 1. The van der Waals surface area contributed by atoms with Crippen molar-refractivity contribution in [2.75, 3.05) is 23.7 Å². The minimum atomic E-state index is -3.42. The van der Waals surface area contributed by atoms with Crippen LogP contribution >= 0.6 is 0 Å². The van der Waals surface area contributed by atoms with Gasteiger partial charge in [-0.15, -0.1) is 0 Å². The van der Waals surface area contributed by atoms with E-state index in [0.29, 0.717) is 17.2 Å². The number of carbonyl (C=O) groups excluding carboxylic acids is 1. The Bertz CT molecular complexity index is 939. The molecule has 0 N–H and O–H groups in total. The fourth-order valence-electron chi connectivity index (χ4n) is 3.66. The van der Waals surface area contributed by atoms with E-state index < -0.39 is 10.0 Å². The first-order chi connectivity index (χ1) is 13.2. The van der Waals surface area contributed by atoms with Gasteiger partial charge in [-0.05, 0) is 61.1 Å². The Morgan fingerprint density at radius 1 is 1.18 bits per heavy atom. The van der Waals surface area contributed by atoms with Crippen LogP contribution in [0.25, 0.3) is 0 Å². The molecule has 1 atom stereocenters. The van der Waals surface area contributed by atoms with Crippen molar-refractivity contribution in [3.63, 3.8) is 0 Å². The summed E-state index contributed by atoms with van der Waals surface area (Å²) in [6, 6.07) is 14.7. The lowest BCUT2D eigenvalue weighted by molar-refractivity contribution is 0.0683. The quantitative estimate of drug-likeness (QED) is 0.766. The highest BCUT2D eigenvalue weighted by Gasteiger charge is 2.22. The number of amides is 1. The first-order valence-corrected chi connectivity index (χ1v) is 11.5. The lowest BCUT2D eigenvalue weighted by atomic mass is 9.99. The molecule has 0 aromatic heterocycles. The summed E-state index contributed by atoms with van der Waals surface area (Å²) >= 11 is 0. The Balaban J connectivity index is 1.77. The molecule has 28 heavy (non-hydrogen) atoms. The fraction of sp³-hybridized carbons (Fsp3) is 0.409. The van der Waals surface area contributed by atoms with Crippen LogP contribution in [0.15, 0.2) is 48.5 Å². The Hall–Kier alpha value is -2.34. The minimum absolute atomic E-state index is 0.0525. The Kier molecular flexibility index (Phi) is 6.08. The summed E-state index contributed by atoms with van der Waals surface area (Å²) in [6.07, 6.45) is 3.43. The molecule has 1 fully saturated rings. The Morgan fingerprint density at radius 3 is 2.50 bits per heavy atom. The van der Waals surface area contributed by atoms with Gasteiger partial charge in [-0.25, -0.2) is 8.42 Å². The summed E-state index contributed by atoms with van der Waals surface area (Å²) in [7, 11) is -3.42. The molecule has 0 saturated carbocycles. The normalized spacial score (nSPS) is 17.4. The van der Waals surface area contributed by atoms with Crippen molar-refractivity contribution in [2.45, 2.75) is 33.2 Å². The minimum Gasteiger partial charge on any atom is -0.338 e. The maximum absolute atomic E-state index is 12.7. The number of anilines is 1. The van der Waals surface area contributed by atoms with Crippen molar-refractivity contribution in [1.29, 1.82) is 0 Å². The summed E-state index contributed by atoms with van der Waals surface area (Å²) in [4.78, 5) is 14.6. The maximum Gasteiger partial charge on any atom is 0.253 e. The van der Waals surface area contributed by atoms with Crippen LogP contribution in [0.1, 0.15) is 41.3 Å². The molecular formula is C22H28N2O3S. The van der Waals surface area contributed by atoms with Crippen molar-refractivity contribution < 1.29 is 13.2 Å². The molecule has 1 saturated heterocycles. The molecule has 1 aliphatic heterocycles. The Labute approximate surface area is 168 Å². The van der Waals surface area contributed by atoms with Gasteiger partial charge in [0.2, 0.25) is 10.0 Å². The lowest BCUT2D eigenvalue weighted by Crippen LogP contribution is -2.39. The summed E-state index contributed by atoms with van der Waals surface area (Å²) < 4.78 is 26.0. The van der Waals surface area contributed by atoms with E-state index in [2.05, 4.69) is 6.92 Å².